The Morgan fingerprint density at radius 3 is 2.17 bits per heavy atom. The SMILES string of the molecule is CC1CCCC(C)N1C(=O)CN1C(=O)NC(C)(c2ccc(C(C)(C)C)cc2)C1=O. The summed E-state index contributed by atoms with van der Waals surface area (Å²) >= 11 is 0. The van der Waals surface area contributed by atoms with Crippen LogP contribution in [0, 0.1) is 0 Å². The fraction of sp³-hybridized carbons (Fsp3) is 0.609. The number of likely N-dealkylation sites (tertiary alicyclic amines) is 1. The summed E-state index contributed by atoms with van der Waals surface area (Å²) in [6, 6.07) is 7.50. The molecule has 0 saturated carbocycles. The van der Waals surface area contributed by atoms with Crippen molar-refractivity contribution in [1.82, 2.24) is 15.1 Å². The molecule has 1 aromatic rings. The first kappa shape index (κ1) is 21.3. The predicted molar refractivity (Wildman–Crippen MR) is 112 cm³/mol. The Morgan fingerprint density at radius 2 is 1.66 bits per heavy atom. The molecule has 6 heteroatoms. The van der Waals surface area contributed by atoms with Gasteiger partial charge in [0.15, 0.2) is 0 Å². The molecular formula is C23H33N3O3. The van der Waals surface area contributed by atoms with Crippen LogP contribution in [0.2, 0.25) is 0 Å². The number of hydrogen-bond acceptors (Lipinski definition) is 3. The Kier molecular flexibility index (Phi) is 5.50. The van der Waals surface area contributed by atoms with Gasteiger partial charge in [-0.15, -0.1) is 0 Å². The number of benzene rings is 1. The molecule has 2 saturated heterocycles. The quantitative estimate of drug-likeness (QED) is 0.791. The Hall–Kier alpha value is -2.37. The fourth-order valence-electron chi connectivity index (χ4n) is 4.47. The van der Waals surface area contributed by atoms with Gasteiger partial charge in [0.1, 0.15) is 12.1 Å². The highest BCUT2D eigenvalue weighted by molar-refractivity contribution is 6.09. The Labute approximate surface area is 173 Å². The summed E-state index contributed by atoms with van der Waals surface area (Å²) in [6.07, 6.45) is 3.00. The lowest BCUT2D eigenvalue weighted by molar-refractivity contribution is -0.142. The highest BCUT2D eigenvalue weighted by Gasteiger charge is 2.50. The monoisotopic (exact) mass is 399 g/mol. The zero-order chi connectivity index (χ0) is 21.6. The lowest BCUT2D eigenvalue weighted by Crippen LogP contribution is -2.52. The molecule has 2 heterocycles. The van der Waals surface area contributed by atoms with Crippen LogP contribution in [0.1, 0.15) is 71.9 Å². The molecule has 2 aliphatic rings. The zero-order valence-electron chi connectivity index (χ0n) is 18.4. The summed E-state index contributed by atoms with van der Waals surface area (Å²) in [6.45, 7) is 11.9. The van der Waals surface area contributed by atoms with E-state index in [1.807, 2.05) is 43.0 Å². The van der Waals surface area contributed by atoms with E-state index in [0.29, 0.717) is 0 Å². The van der Waals surface area contributed by atoms with Crippen LogP contribution in [-0.2, 0) is 20.5 Å². The van der Waals surface area contributed by atoms with E-state index >= 15 is 0 Å². The van der Waals surface area contributed by atoms with Gasteiger partial charge in [0.25, 0.3) is 5.91 Å². The van der Waals surface area contributed by atoms with E-state index in [0.717, 1.165) is 35.3 Å². The van der Waals surface area contributed by atoms with Crippen LogP contribution >= 0.6 is 0 Å². The van der Waals surface area contributed by atoms with Gasteiger partial charge in [-0.25, -0.2) is 4.79 Å². The summed E-state index contributed by atoms with van der Waals surface area (Å²) in [7, 11) is 0. The van der Waals surface area contributed by atoms with Crippen molar-refractivity contribution in [3.8, 4) is 0 Å². The highest BCUT2D eigenvalue weighted by atomic mass is 16.2. The highest BCUT2D eigenvalue weighted by Crippen LogP contribution is 2.31. The molecule has 158 valence electrons. The van der Waals surface area contributed by atoms with Crippen molar-refractivity contribution in [3.63, 3.8) is 0 Å². The van der Waals surface area contributed by atoms with Crippen LogP contribution in [-0.4, -0.2) is 46.3 Å². The minimum Gasteiger partial charge on any atom is -0.336 e. The molecule has 0 spiro atoms. The van der Waals surface area contributed by atoms with Gasteiger partial charge in [0, 0.05) is 12.1 Å². The molecule has 3 rings (SSSR count). The topological polar surface area (TPSA) is 69.7 Å². The third kappa shape index (κ3) is 3.89. The largest absolute Gasteiger partial charge is 0.336 e. The zero-order valence-corrected chi connectivity index (χ0v) is 18.4. The minimum absolute atomic E-state index is 0.00263. The van der Waals surface area contributed by atoms with Crippen LogP contribution in [0.5, 0.6) is 0 Å². The smallest absolute Gasteiger partial charge is 0.325 e. The van der Waals surface area contributed by atoms with Gasteiger partial charge >= 0.3 is 6.03 Å². The van der Waals surface area contributed by atoms with Crippen LogP contribution in [0.3, 0.4) is 0 Å². The molecule has 0 radical (unpaired) electrons. The maximum atomic E-state index is 13.2. The van der Waals surface area contributed by atoms with E-state index in [2.05, 4.69) is 26.1 Å². The van der Waals surface area contributed by atoms with Crippen molar-refractivity contribution in [2.45, 2.75) is 83.8 Å². The molecule has 0 aromatic heterocycles. The number of amides is 4. The molecule has 0 aliphatic carbocycles. The number of rotatable bonds is 3. The standard InChI is InChI=1S/C23H33N3O3/c1-15-8-7-9-16(2)26(15)19(27)14-25-20(28)23(6,24-21(25)29)18-12-10-17(11-13-18)22(3,4)5/h10-13,15-16H,7-9,14H2,1-6H3,(H,24,29). The van der Waals surface area contributed by atoms with E-state index in [1.165, 1.54) is 0 Å². The third-order valence-corrected chi connectivity index (χ3v) is 6.38. The fourth-order valence-corrected chi connectivity index (χ4v) is 4.47. The van der Waals surface area contributed by atoms with Crippen LogP contribution < -0.4 is 5.32 Å². The van der Waals surface area contributed by atoms with E-state index in [9.17, 15) is 14.4 Å². The molecule has 2 fully saturated rings. The molecule has 1 N–H and O–H groups in total. The number of piperidine rings is 1. The van der Waals surface area contributed by atoms with E-state index in [-0.39, 0.29) is 35.9 Å². The average molecular weight is 400 g/mol. The van der Waals surface area contributed by atoms with Gasteiger partial charge in [-0.2, -0.15) is 0 Å². The first-order valence-corrected chi connectivity index (χ1v) is 10.5. The summed E-state index contributed by atoms with van der Waals surface area (Å²) in [5, 5.41) is 2.80. The van der Waals surface area contributed by atoms with Gasteiger partial charge in [-0.1, -0.05) is 45.0 Å². The molecule has 2 aliphatic heterocycles. The second-order valence-corrected chi connectivity index (χ2v) is 9.70. The van der Waals surface area contributed by atoms with Gasteiger partial charge < -0.3 is 10.2 Å². The Bertz CT molecular complexity index is 802. The summed E-state index contributed by atoms with van der Waals surface area (Å²) < 4.78 is 0. The first-order valence-electron chi connectivity index (χ1n) is 10.5. The van der Waals surface area contributed by atoms with E-state index < -0.39 is 11.6 Å². The number of nitrogens with zero attached hydrogens (tertiary/aromatic N) is 2. The van der Waals surface area contributed by atoms with Crippen LogP contribution in [0.4, 0.5) is 4.79 Å². The average Bonchev–Trinajstić information content (AvgIpc) is 2.85. The maximum absolute atomic E-state index is 13.2. The summed E-state index contributed by atoms with van der Waals surface area (Å²) in [4.78, 5) is 41.6. The van der Waals surface area contributed by atoms with Gasteiger partial charge in [-0.3, -0.25) is 14.5 Å². The molecule has 6 nitrogen and oxygen atoms in total. The van der Waals surface area contributed by atoms with Gasteiger partial charge in [0.05, 0.1) is 0 Å². The molecule has 3 atom stereocenters. The summed E-state index contributed by atoms with van der Waals surface area (Å²) in [5.41, 5.74) is 0.718. The third-order valence-electron chi connectivity index (χ3n) is 6.38. The van der Waals surface area contributed by atoms with Gasteiger partial charge in [0.2, 0.25) is 5.91 Å². The van der Waals surface area contributed by atoms with Crippen LogP contribution in [0.15, 0.2) is 24.3 Å². The van der Waals surface area contributed by atoms with Crippen molar-refractivity contribution >= 4 is 17.8 Å². The number of urea groups is 1. The second kappa shape index (κ2) is 7.47. The lowest BCUT2D eigenvalue weighted by atomic mass is 9.84. The summed E-state index contributed by atoms with van der Waals surface area (Å²) in [5.74, 6) is -0.544. The number of carbonyl (C=O) groups excluding carboxylic acids is 3. The predicted octanol–water partition coefficient (Wildman–Crippen LogP) is 3.54. The normalized spacial score (nSPS) is 27.9. The number of hydrogen-bond donors (Lipinski definition) is 1. The van der Waals surface area contributed by atoms with Crippen molar-refractivity contribution in [3.05, 3.63) is 35.4 Å². The number of carbonyl (C=O) groups is 3. The molecule has 0 bridgehead atoms. The minimum atomic E-state index is -1.16. The Morgan fingerprint density at radius 1 is 1.10 bits per heavy atom. The van der Waals surface area contributed by atoms with Crippen molar-refractivity contribution in [1.29, 1.82) is 0 Å². The Balaban J connectivity index is 1.79. The first-order chi connectivity index (χ1) is 13.4. The number of imide groups is 1. The van der Waals surface area contributed by atoms with Gasteiger partial charge in [-0.05, 0) is 56.6 Å². The maximum Gasteiger partial charge on any atom is 0.325 e. The van der Waals surface area contributed by atoms with Crippen LogP contribution in [0.25, 0.3) is 0 Å². The molecule has 1 aromatic carbocycles. The van der Waals surface area contributed by atoms with Crippen molar-refractivity contribution in [2.24, 2.45) is 0 Å². The number of nitrogens with one attached hydrogen (secondary N) is 1. The van der Waals surface area contributed by atoms with Crippen molar-refractivity contribution in [2.75, 3.05) is 6.54 Å². The molecule has 3 unspecified atom stereocenters. The molecule has 29 heavy (non-hydrogen) atoms. The lowest BCUT2D eigenvalue weighted by Gasteiger charge is -2.39. The molecular weight excluding hydrogens is 366 g/mol. The van der Waals surface area contributed by atoms with E-state index in [4.69, 9.17) is 0 Å². The second-order valence-electron chi connectivity index (χ2n) is 9.70. The van der Waals surface area contributed by atoms with Crippen molar-refractivity contribution < 1.29 is 14.4 Å². The molecule has 4 amide bonds. The van der Waals surface area contributed by atoms with E-state index in [1.54, 1.807) is 6.92 Å².